The van der Waals surface area contributed by atoms with Gasteiger partial charge in [0.2, 0.25) is 0 Å². The van der Waals surface area contributed by atoms with E-state index in [-0.39, 0.29) is 10.7 Å². The summed E-state index contributed by atoms with van der Waals surface area (Å²) in [6, 6.07) is 7.63. The van der Waals surface area contributed by atoms with Crippen LogP contribution in [0.5, 0.6) is 0 Å². The third kappa shape index (κ3) is 3.25. The molecule has 1 aliphatic rings. The van der Waals surface area contributed by atoms with Crippen LogP contribution in [0, 0.1) is 13.8 Å². The van der Waals surface area contributed by atoms with Crippen molar-refractivity contribution in [3.63, 3.8) is 0 Å². The first-order valence-electron chi connectivity index (χ1n) is 7.78. The molecule has 0 bridgehead atoms. The van der Waals surface area contributed by atoms with E-state index in [0.29, 0.717) is 30.6 Å². The van der Waals surface area contributed by atoms with Crippen molar-refractivity contribution in [2.75, 3.05) is 29.4 Å². The molecule has 0 radical (unpaired) electrons. The molecular formula is C16H21N3O4S. The number of nitrogens with one attached hydrogen (secondary N) is 1. The number of rotatable bonds is 4. The Kier molecular flexibility index (Phi) is 4.51. The van der Waals surface area contributed by atoms with Crippen molar-refractivity contribution in [1.29, 1.82) is 0 Å². The van der Waals surface area contributed by atoms with E-state index in [0.717, 1.165) is 12.2 Å². The van der Waals surface area contributed by atoms with E-state index < -0.39 is 10.0 Å². The van der Waals surface area contributed by atoms with Crippen LogP contribution < -0.4 is 9.62 Å². The molecule has 7 nitrogen and oxygen atoms in total. The number of anilines is 2. The van der Waals surface area contributed by atoms with Gasteiger partial charge in [-0.15, -0.1) is 0 Å². The zero-order chi connectivity index (χ0) is 17.3. The smallest absolute Gasteiger partial charge is 0.267 e. The number of morpholine rings is 1. The molecule has 1 fully saturated rings. The molecule has 1 aliphatic heterocycles. The molecule has 2 aromatic rings. The van der Waals surface area contributed by atoms with Crippen LogP contribution in [0.1, 0.15) is 18.4 Å². The Morgan fingerprint density at radius 3 is 2.54 bits per heavy atom. The predicted octanol–water partition coefficient (Wildman–Crippen LogP) is 2.32. The zero-order valence-electron chi connectivity index (χ0n) is 13.9. The molecule has 24 heavy (non-hydrogen) atoms. The monoisotopic (exact) mass is 351 g/mol. The van der Waals surface area contributed by atoms with Gasteiger partial charge in [-0.05, 0) is 45.0 Å². The molecule has 8 heteroatoms. The van der Waals surface area contributed by atoms with Crippen molar-refractivity contribution in [2.45, 2.75) is 31.7 Å². The SMILES string of the molecule is Cc1noc(C)c1S(=O)(=O)Nc1ccc(N2CCOCC2C)cc1. The lowest BCUT2D eigenvalue weighted by atomic mass is 10.2. The Hall–Kier alpha value is -2.06. The average Bonchev–Trinajstić information content (AvgIpc) is 2.88. The fraction of sp³-hybridized carbons (Fsp3) is 0.438. The van der Waals surface area contributed by atoms with Gasteiger partial charge < -0.3 is 14.2 Å². The molecule has 2 heterocycles. The molecule has 3 rings (SSSR count). The lowest BCUT2D eigenvalue weighted by Crippen LogP contribution is -2.43. The molecule has 0 aliphatic carbocycles. The zero-order valence-corrected chi connectivity index (χ0v) is 14.8. The summed E-state index contributed by atoms with van der Waals surface area (Å²) in [4.78, 5) is 2.34. The number of aromatic nitrogens is 1. The summed E-state index contributed by atoms with van der Waals surface area (Å²) in [6.45, 7) is 7.51. The van der Waals surface area contributed by atoms with Gasteiger partial charge in [0.25, 0.3) is 10.0 Å². The van der Waals surface area contributed by atoms with Gasteiger partial charge in [-0.25, -0.2) is 8.42 Å². The van der Waals surface area contributed by atoms with Gasteiger partial charge in [0.15, 0.2) is 10.7 Å². The van der Waals surface area contributed by atoms with Crippen LogP contribution in [0.2, 0.25) is 0 Å². The van der Waals surface area contributed by atoms with Crippen molar-refractivity contribution in [1.82, 2.24) is 5.16 Å². The summed E-state index contributed by atoms with van der Waals surface area (Å²) in [5.41, 5.74) is 1.89. The number of ether oxygens (including phenoxy) is 1. The Labute approximate surface area is 141 Å². The average molecular weight is 351 g/mol. The van der Waals surface area contributed by atoms with E-state index in [1.54, 1.807) is 26.0 Å². The summed E-state index contributed by atoms with van der Waals surface area (Å²) in [5.74, 6) is 0.277. The first-order valence-corrected chi connectivity index (χ1v) is 9.27. The minimum Gasteiger partial charge on any atom is -0.377 e. The number of nitrogens with zero attached hydrogens (tertiary/aromatic N) is 2. The largest absolute Gasteiger partial charge is 0.377 e. The molecule has 0 spiro atoms. The maximum Gasteiger partial charge on any atom is 0.267 e. The molecule has 1 atom stereocenters. The highest BCUT2D eigenvalue weighted by atomic mass is 32.2. The summed E-state index contributed by atoms with van der Waals surface area (Å²) in [6.07, 6.45) is 0. The van der Waals surface area contributed by atoms with Crippen molar-refractivity contribution < 1.29 is 17.7 Å². The molecule has 130 valence electrons. The standard InChI is InChI=1S/C16H21N3O4S/c1-11-10-22-9-8-19(11)15-6-4-14(5-7-15)18-24(20,21)16-12(2)17-23-13(16)3/h4-7,11,18H,8-10H2,1-3H3. The Bertz CT molecular complexity index is 795. The van der Waals surface area contributed by atoms with Crippen molar-refractivity contribution in [3.05, 3.63) is 35.7 Å². The number of hydrogen-bond donors (Lipinski definition) is 1. The molecule has 0 amide bonds. The second-order valence-electron chi connectivity index (χ2n) is 5.92. The van der Waals surface area contributed by atoms with Crippen LogP contribution in [-0.2, 0) is 14.8 Å². The van der Waals surface area contributed by atoms with Crippen molar-refractivity contribution in [3.8, 4) is 0 Å². The van der Waals surface area contributed by atoms with Gasteiger partial charge in [0.1, 0.15) is 5.69 Å². The molecule has 1 unspecified atom stereocenters. The molecule has 1 aromatic heterocycles. The van der Waals surface area contributed by atoms with Gasteiger partial charge in [0.05, 0.1) is 13.2 Å². The highest BCUT2D eigenvalue weighted by Gasteiger charge is 2.24. The summed E-state index contributed by atoms with van der Waals surface area (Å²) >= 11 is 0. The van der Waals surface area contributed by atoms with Crippen LogP contribution in [0.3, 0.4) is 0 Å². The van der Waals surface area contributed by atoms with E-state index in [9.17, 15) is 8.42 Å². The maximum atomic E-state index is 12.5. The van der Waals surface area contributed by atoms with Gasteiger partial charge in [-0.1, -0.05) is 5.16 Å². The summed E-state index contributed by atoms with van der Waals surface area (Å²) in [5, 5.41) is 3.70. The minimum atomic E-state index is -3.72. The van der Waals surface area contributed by atoms with E-state index in [2.05, 4.69) is 21.7 Å². The molecule has 0 saturated carbocycles. The molecule has 1 aromatic carbocycles. The van der Waals surface area contributed by atoms with Gasteiger partial charge in [-0.2, -0.15) is 0 Å². The molecule has 1 N–H and O–H groups in total. The summed E-state index contributed by atoms with van der Waals surface area (Å²) < 4.78 is 38.0. The summed E-state index contributed by atoms with van der Waals surface area (Å²) in [7, 11) is -3.72. The van der Waals surface area contributed by atoms with Gasteiger partial charge in [-0.3, -0.25) is 4.72 Å². The first kappa shape index (κ1) is 16.8. The molecular weight excluding hydrogens is 330 g/mol. The first-order chi connectivity index (χ1) is 11.4. The fourth-order valence-electron chi connectivity index (χ4n) is 2.90. The number of sulfonamides is 1. The van der Waals surface area contributed by atoms with Gasteiger partial charge in [0, 0.05) is 24.0 Å². The van der Waals surface area contributed by atoms with Crippen molar-refractivity contribution in [2.24, 2.45) is 0 Å². The lowest BCUT2D eigenvalue weighted by molar-refractivity contribution is 0.0989. The lowest BCUT2D eigenvalue weighted by Gasteiger charge is -2.35. The van der Waals surface area contributed by atoms with Gasteiger partial charge >= 0.3 is 0 Å². The highest BCUT2D eigenvalue weighted by Crippen LogP contribution is 2.25. The number of aryl methyl sites for hydroxylation is 2. The topological polar surface area (TPSA) is 84.7 Å². The molecule has 1 saturated heterocycles. The number of benzene rings is 1. The Morgan fingerprint density at radius 2 is 1.96 bits per heavy atom. The van der Waals surface area contributed by atoms with E-state index >= 15 is 0 Å². The quantitative estimate of drug-likeness (QED) is 0.910. The predicted molar refractivity (Wildman–Crippen MR) is 90.9 cm³/mol. The van der Waals surface area contributed by atoms with E-state index in [1.807, 2.05) is 12.1 Å². The second-order valence-corrected chi connectivity index (χ2v) is 7.54. The van der Waals surface area contributed by atoms with E-state index in [1.165, 1.54) is 0 Å². The number of hydrogen-bond acceptors (Lipinski definition) is 6. The Balaban J connectivity index is 1.79. The third-order valence-corrected chi connectivity index (χ3v) is 5.68. The normalized spacial score (nSPS) is 18.6. The Morgan fingerprint density at radius 1 is 1.25 bits per heavy atom. The van der Waals surface area contributed by atoms with Crippen LogP contribution in [0.15, 0.2) is 33.7 Å². The maximum absolute atomic E-state index is 12.5. The van der Waals surface area contributed by atoms with Crippen LogP contribution in [0.25, 0.3) is 0 Å². The van der Waals surface area contributed by atoms with Crippen LogP contribution >= 0.6 is 0 Å². The minimum absolute atomic E-state index is 0.0911. The highest BCUT2D eigenvalue weighted by molar-refractivity contribution is 7.92. The van der Waals surface area contributed by atoms with Crippen LogP contribution in [0.4, 0.5) is 11.4 Å². The fourth-order valence-corrected chi connectivity index (χ4v) is 4.29. The van der Waals surface area contributed by atoms with E-state index in [4.69, 9.17) is 9.26 Å². The second kappa shape index (κ2) is 6.45. The van der Waals surface area contributed by atoms with Crippen LogP contribution in [-0.4, -0.2) is 39.4 Å². The third-order valence-electron chi connectivity index (χ3n) is 4.06. The van der Waals surface area contributed by atoms with Crippen molar-refractivity contribution >= 4 is 21.4 Å².